The maximum atomic E-state index is 12.1. The zero-order valence-electron chi connectivity index (χ0n) is 10.4. The first-order valence-electron chi connectivity index (χ1n) is 6.38. The molecule has 1 aliphatic heterocycles. The molecule has 0 bridgehead atoms. The van der Waals surface area contributed by atoms with E-state index < -0.39 is 0 Å². The topological polar surface area (TPSA) is 49.6 Å². The Labute approximate surface area is 97.8 Å². The summed E-state index contributed by atoms with van der Waals surface area (Å²) in [7, 11) is 1.94. The first-order chi connectivity index (χ1) is 7.65. The summed E-state index contributed by atoms with van der Waals surface area (Å²) in [6.45, 7) is 3.66. The molecule has 2 atom stereocenters. The molecule has 2 aliphatic rings. The Morgan fingerprint density at radius 3 is 2.69 bits per heavy atom. The summed E-state index contributed by atoms with van der Waals surface area (Å²) in [6, 6.07) is 0.921. The number of hydrogen-bond donors (Lipinski definition) is 1. The second kappa shape index (κ2) is 4.62. The molecule has 2 N–H and O–H groups in total. The van der Waals surface area contributed by atoms with E-state index in [0.717, 1.165) is 18.9 Å². The zero-order chi connectivity index (χ0) is 11.7. The SMILES string of the molecule is CC(CCN)N1CC(C2CCC2)N(C)C1=O. The number of likely N-dealkylation sites (N-methyl/N-ethyl adjacent to an activating group) is 1. The van der Waals surface area contributed by atoms with Gasteiger partial charge in [-0.25, -0.2) is 4.79 Å². The van der Waals surface area contributed by atoms with Crippen LogP contribution in [-0.4, -0.2) is 48.1 Å². The number of urea groups is 1. The van der Waals surface area contributed by atoms with Gasteiger partial charge in [0.15, 0.2) is 0 Å². The number of nitrogens with zero attached hydrogens (tertiary/aromatic N) is 2. The van der Waals surface area contributed by atoms with E-state index in [9.17, 15) is 4.79 Å². The maximum Gasteiger partial charge on any atom is 0.320 e. The highest BCUT2D eigenvalue weighted by Gasteiger charge is 2.42. The van der Waals surface area contributed by atoms with Crippen LogP contribution in [0.2, 0.25) is 0 Å². The molecule has 1 saturated carbocycles. The molecule has 2 rings (SSSR count). The first kappa shape index (κ1) is 11.7. The number of carbonyl (C=O) groups excluding carboxylic acids is 1. The summed E-state index contributed by atoms with van der Waals surface area (Å²) in [5, 5.41) is 0. The van der Waals surface area contributed by atoms with Gasteiger partial charge in [0.1, 0.15) is 0 Å². The molecule has 2 unspecified atom stereocenters. The molecule has 92 valence electrons. The van der Waals surface area contributed by atoms with Crippen LogP contribution in [0.4, 0.5) is 4.79 Å². The van der Waals surface area contributed by atoms with Gasteiger partial charge in [0.25, 0.3) is 0 Å². The van der Waals surface area contributed by atoms with Gasteiger partial charge in [-0.2, -0.15) is 0 Å². The molecular weight excluding hydrogens is 202 g/mol. The molecule has 2 fully saturated rings. The quantitative estimate of drug-likeness (QED) is 0.783. The van der Waals surface area contributed by atoms with E-state index in [-0.39, 0.29) is 12.1 Å². The standard InChI is InChI=1S/C12H23N3O/c1-9(6-7-13)15-8-11(10-4-3-5-10)14(2)12(15)16/h9-11H,3-8,13H2,1-2H3. The van der Waals surface area contributed by atoms with Gasteiger partial charge in [0.05, 0.1) is 6.04 Å². The Morgan fingerprint density at radius 1 is 1.50 bits per heavy atom. The average molecular weight is 225 g/mol. The Hall–Kier alpha value is -0.770. The van der Waals surface area contributed by atoms with Crippen molar-refractivity contribution in [2.24, 2.45) is 11.7 Å². The van der Waals surface area contributed by atoms with Crippen molar-refractivity contribution in [3.63, 3.8) is 0 Å². The predicted octanol–water partition coefficient (Wildman–Crippen LogP) is 1.26. The van der Waals surface area contributed by atoms with Crippen LogP contribution in [0.15, 0.2) is 0 Å². The number of hydrogen-bond acceptors (Lipinski definition) is 2. The third-order valence-electron chi connectivity index (χ3n) is 4.24. The molecule has 0 aromatic heterocycles. The highest BCUT2D eigenvalue weighted by atomic mass is 16.2. The highest BCUT2D eigenvalue weighted by Crippen LogP contribution is 2.35. The Kier molecular flexibility index (Phi) is 3.38. The van der Waals surface area contributed by atoms with E-state index in [1.807, 2.05) is 16.8 Å². The van der Waals surface area contributed by atoms with Crippen molar-refractivity contribution in [3.05, 3.63) is 0 Å². The highest BCUT2D eigenvalue weighted by molar-refractivity contribution is 5.77. The van der Waals surface area contributed by atoms with Crippen LogP contribution >= 0.6 is 0 Å². The van der Waals surface area contributed by atoms with Crippen LogP contribution in [0.5, 0.6) is 0 Å². The van der Waals surface area contributed by atoms with E-state index in [1.54, 1.807) is 0 Å². The van der Waals surface area contributed by atoms with Gasteiger partial charge in [-0.15, -0.1) is 0 Å². The van der Waals surface area contributed by atoms with Gasteiger partial charge in [-0.05, 0) is 38.6 Å². The van der Waals surface area contributed by atoms with Crippen LogP contribution in [0.25, 0.3) is 0 Å². The summed E-state index contributed by atoms with van der Waals surface area (Å²) in [6.07, 6.45) is 4.82. The Bertz CT molecular complexity index is 265. The third-order valence-corrected chi connectivity index (χ3v) is 4.24. The molecule has 16 heavy (non-hydrogen) atoms. The number of rotatable bonds is 4. The number of nitrogens with two attached hydrogens (primary N) is 1. The molecule has 1 saturated heterocycles. The summed E-state index contributed by atoms with van der Waals surface area (Å²) in [4.78, 5) is 16.0. The van der Waals surface area contributed by atoms with Gasteiger partial charge in [-0.3, -0.25) is 0 Å². The summed E-state index contributed by atoms with van der Waals surface area (Å²) in [5.41, 5.74) is 5.56. The van der Waals surface area contributed by atoms with E-state index in [2.05, 4.69) is 6.92 Å². The molecule has 4 heteroatoms. The van der Waals surface area contributed by atoms with Crippen molar-refractivity contribution < 1.29 is 4.79 Å². The molecular formula is C12H23N3O. The molecule has 0 aromatic rings. The summed E-state index contributed by atoms with van der Waals surface area (Å²) < 4.78 is 0. The summed E-state index contributed by atoms with van der Waals surface area (Å²) in [5.74, 6) is 0.740. The monoisotopic (exact) mass is 225 g/mol. The van der Waals surface area contributed by atoms with Crippen molar-refractivity contribution in [3.8, 4) is 0 Å². The molecule has 4 nitrogen and oxygen atoms in total. The largest absolute Gasteiger partial charge is 0.330 e. The van der Waals surface area contributed by atoms with Crippen molar-refractivity contribution >= 4 is 6.03 Å². The summed E-state index contributed by atoms with van der Waals surface area (Å²) >= 11 is 0. The van der Waals surface area contributed by atoms with Gasteiger partial charge in [0.2, 0.25) is 0 Å². The van der Waals surface area contributed by atoms with Crippen molar-refractivity contribution in [2.45, 2.75) is 44.7 Å². The lowest BCUT2D eigenvalue weighted by Gasteiger charge is -2.34. The molecule has 1 heterocycles. The zero-order valence-corrected chi connectivity index (χ0v) is 10.4. The maximum absolute atomic E-state index is 12.1. The van der Waals surface area contributed by atoms with Gasteiger partial charge in [-0.1, -0.05) is 6.42 Å². The van der Waals surface area contributed by atoms with Crippen LogP contribution in [0.1, 0.15) is 32.6 Å². The van der Waals surface area contributed by atoms with Gasteiger partial charge < -0.3 is 15.5 Å². The molecule has 1 aliphatic carbocycles. The van der Waals surface area contributed by atoms with Crippen molar-refractivity contribution in [1.29, 1.82) is 0 Å². The fourth-order valence-corrected chi connectivity index (χ4v) is 2.80. The van der Waals surface area contributed by atoms with Crippen LogP contribution < -0.4 is 5.73 Å². The normalized spacial score (nSPS) is 28.4. The van der Waals surface area contributed by atoms with E-state index in [1.165, 1.54) is 19.3 Å². The van der Waals surface area contributed by atoms with Gasteiger partial charge in [0, 0.05) is 19.6 Å². The van der Waals surface area contributed by atoms with Crippen LogP contribution in [0.3, 0.4) is 0 Å². The van der Waals surface area contributed by atoms with Crippen LogP contribution in [0, 0.1) is 5.92 Å². The molecule has 0 spiro atoms. The first-order valence-corrected chi connectivity index (χ1v) is 6.38. The van der Waals surface area contributed by atoms with Crippen LogP contribution in [-0.2, 0) is 0 Å². The lowest BCUT2D eigenvalue weighted by molar-refractivity contribution is 0.163. The van der Waals surface area contributed by atoms with Crippen molar-refractivity contribution in [2.75, 3.05) is 20.1 Å². The molecule has 2 amide bonds. The van der Waals surface area contributed by atoms with E-state index in [0.29, 0.717) is 12.6 Å². The average Bonchev–Trinajstić information content (AvgIpc) is 2.44. The minimum absolute atomic E-state index is 0.192. The van der Waals surface area contributed by atoms with Gasteiger partial charge >= 0.3 is 6.03 Å². The van der Waals surface area contributed by atoms with E-state index in [4.69, 9.17) is 5.73 Å². The molecule has 0 radical (unpaired) electrons. The second-order valence-electron chi connectivity index (χ2n) is 5.23. The lowest BCUT2D eigenvalue weighted by atomic mass is 9.79. The fraction of sp³-hybridized carbons (Fsp3) is 0.917. The fourth-order valence-electron chi connectivity index (χ4n) is 2.80. The second-order valence-corrected chi connectivity index (χ2v) is 5.23. The Balaban J connectivity index is 1.98. The Morgan fingerprint density at radius 2 is 2.19 bits per heavy atom. The minimum atomic E-state index is 0.192. The lowest BCUT2D eigenvalue weighted by Crippen LogP contribution is -2.39. The number of carbonyl (C=O) groups is 1. The van der Waals surface area contributed by atoms with E-state index >= 15 is 0 Å². The smallest absolute Gasteiger partial charge is 0.320 e. The molecule has 0 aromatic carbocycles. The number of amides is 2. The predicted molar refractivity (Wildman–Crippen MR) is 64.1 cm³/mol. The van der Waals surface area contributed by atoms with Crippen molar-refractivity contribution in [1.82, 2.24) is 9.80 Å². The third kappa shape index (κ3) is 1.90. The minimum Gasteiger partial charge on any atom is -0.330 e.